The first-order chi connectivity index (χ1) is 19.5. The monoisotopic (exact) mass is 597 g/mol. The number of hydrogen-bond acceptors (Lipinski definition) is 4. The molecule has 4 rings (SSSR count). The molecule has 1 aliphatic rings. The van der Waals surface area contributed by atoms with Crippen LogP contribution in [0.1, 0.15) is 48.9 Å². The van der Waals surface area contributed by atoms with Crippen molar-refractivity contribution in [1.82, 2.24) is 4.98 Å². The Balaban J connectivity index is 1.84. The zero-order valence-corrected chi connectivity index (χ0v) is 23.4. The lowest BCUT2D eigenvalue weighted by Crippen LogP contribution is -2.42. The van der Waals surface area contributed by atoms with Crippen LogP contribution in [-0.2, 0) is 22.6 Å². The van der Waals surface area contributed by atoms with Gasteiger partial charge in [-0.1, -0.05) is 12.1 Å². The summed E-state index contributed by atoms with van der Waals surface area (Å²) in [6.45, 7) is 4.53. The molecule has 42 heavy (non-hydrogen) atoms. The Morgan fingerprint density at radius 3 is 2.17 bits per heavy atom. The van der Waals surface area contributed by atoms with Crippen LogP contribution in [0.15, 0.2) is 48.7 Å². The first kappa shape index (κ1) is 31.3. The summed E-state index contributed by atoms with van der Waals surface area (Å²) in [6.07, 6.45) is -7.25. The van der Waals surface area contributed by atoms with Crippen molar-refractivity contribution >= 4 is 17.4 Å². The SMILES string of the molecule is Cc1c(F)cccc1-c1cc(N2CCCC2CO)ncc1N(C)C(=O)C(C)(C)c1cc(C(F)(F)F)cc(C(F)(F)F)c1. The van der Waals surface area contributed by atoms with Crippen molar-refractivity contribution in [2.75, 3.05) is 30.0 Å². The van der Waals surface area contributed by atoms with Gasteiger partial charge in [0.2, 0.25) is 5.91 Å². The summed E-state index contributed by atoms with van der Waals surface area (Å²) in [5.74, 6) is -0.847. The van der Waals surface area contributed by atoms with E-state index in [0.29, 0.717) is 35.6 Å². The van der Waals surface area contributed by atoms with Crippen LogP contribution in [0, 0.1) is 12.7 Å². The normalized spacial score (nSPS) is 16.2. The highest BCUT2D eigenvalue weighted by Gasteiger charge is 2.41. The summed E-state index contributed by atoms with van der Waals surface area (Å²) in [7, 11) is 1.34. The van der Waals surface area contributed by atoms with Gasteiger partial charge in [0.25, 0.3) is 0 Å². The van der Waals surface area contributed by atoms with E-state index < -0.39 is 46.2 Å². The summed E-state index contributed by atoms with van der Waals surface area (Å²) in [5.41, 5.74) is -4.13. The largest absolute Gasteiger partial charge is 0.416 e. The van der Waals surface area contributed by atoms with E-state index in [9.17, 15) is 40.6 Å². The van der Waals surface area contributed by atoms with E-state index in [1.165, 1.54) is 39.2 Å². The van der Waals surface area contributed by atoms with Crippen LogP contribution in [0.4, 0.5) is 42.2 Å². The van der Waals surface area contributed by atoms with Crippen molar-refractivity contribution in [3.63, 3.8) is 0 Å². The highest BCUT2D eigenvalue weighted by atomic mass is 19.4. The second-order valence-corrected chi connectivity index (χ2v) is 10.9. The van der Waals surface area contributed by atoms with Gasteiger partial charge in [-0.3, -0.25) is 4.79 Å². The molecule has 1 unspecified atom stereocenters. The van der Waals surface area contributed by atoms with Gasteiger partial charge in [0.1, 0.15) is 11.6 Å². The van der Waals surface area contributed by atoms with Gasteiger partial charge >= 0.3 is 12.4 Å². The predicted molar refractivity (Wildman–Crippen MR) is 145 cm³/mol. The fraction of sp³-hybridized carbons (Fsp3) is 0.400. The minimum atomic E-state index is -5.08. The van der Waals surface area contributed by atoms with E-state index in [-0.39, 0.29) is 30.0 Å². The van der Waals surface area contributed by atoms with Gasteiger partial charge in [-0.05, 0) is 80.6 Å². The average Bonchev–Trinajstić information content (AvgIpc) is 3.41. The molecule has 2 heterocycles. The van der Waals surface area contributed by atoms with Gasteiger partial charge in [0.05, 0.1) is 41.1 Å². The van der Waals surface area contributed by atoms with Crippen LogP contribution in [-0.4, -0.2) is 42.2 Å². The van der Waals surface area contributed by atoms with Crippen LogP contribution < -0.4 is 9.80 Å². The third kappa shape index (κ3) is 5.95. The van der Waals surface area contributed by atoms with Crippen LogP contribution in [0.5, 0.6) is 0 Å². The number of carbonyl (C=O) groups is 1. The number of anilines is 2. The van der Waals surface area contributed by atoms with Crippen LogP contribution in [0.2, 0.25) is 0 Å². The summed E-state index contributed by atoms with van der Waals surface area (Å²) in [5, 5.41) is 9.80. The topological polar surface area (TPSA) is 56.7 Å². The molecule has 226 valence electrons. The van der Waals surface area contributed by atoms with Crippen molar-refractivity contribution in [2.45, 2.75) is 57.4 Å². The third-order valence-electron chi connectivity index (χ3n) is 7.82. The zero-order valence-electron chi connectivity index (χ0n) is 23.4. The second kappa shape index (κ2) is 11.2. The third-order valence-corrected chi connectivity index (χ3v) is 7.82. The van der Waals surface area contributed by atoms with E-state index >= 15 is 0 Å². The molecule has 12 heteroatoms. The quantitative estimate of drug-likeness (QED) is 0.307. The van der Waals surface area contributed by atoms with Crippen molar-refractivity contribution in [3.05, 3.63) is 76.7 Å². The number of aromatic nitrogens is 1. The molecule has 0 radical (unpaired) electrons. The molecular formula is C30H30F7N3O2. The van der Waals surface area contributed by atoms with Crippen molar-refractivity contribution < 1.29 is 40.6 Å². The molecule has 1 aromatic heterocycles. The second-order valence-electron chi connectivity index (χ2n) is 10.9. The molecule has 0 spiro atoms. The molecule has 1 saturated heterocycles. The number of benzene rings is 2. The number of pyridine rings is 1. The average molecular weight is 598 g/mol. The van der Waals surface area contributed by atoms with Gasteiger partial charge in [-0.25, -0.2) is 9.37 Å². The molecule has 1 aliphatic heterocycles. The number of halogens is 7. The fourth-order valence-corrected chi connectivity index (χ4v) is 5.27. The molecule has 3 aromatic rings. The summed E-state index contributed by atoms with van der Waals surface area (Å²) < 4.78 is 96.0. The van der Waals surface area contributed by atoms with Crippen LogP contribution in [0.25, 0.3) is 11.1 Å². The van der Waals surface area contributed by atoms with E-state index in [1.54, 1.807) is 19.1 Å². The maximum Gasteiger partial charge on any atom is 0.416 e. The molecule has 2 aromatic carbocycles. The van der Waals surface area contributed by atoms with Gasteiger partial charge in [0, 0.05) is 19.2 Å². The first-order valence-corrected chi connectivity index (χ1v) is 13.2. The van der Waals surface area contributed by atoms with E-state index in [2.05, 4.69) is 4.98 Å². The van der Waals surface area contributed by atoms with E-state index in [1.807, 2.05) is 4.90 Å². The molecule has 0 bridgehead atoms. The number of nitrogens with zero attached hydrogens (tertiary/aromatic N) is 3. The predicted octanol–water partition coefficient (Wildman–Crippen LogP) is 7.14. The lowest BCUT2D eigenvalue weighted by Gasteiger charge is -2.32. The van der Waals surface area contributed by atoms with Gasteiger partial charge in [0.15, 0.2) is 0 Å². The smallest absolute Gasteiger partial charge is 0.394 e. The summed E-state index contributed by atoms with van der Waals surface area (Å²) >= 11 is 0. The fourth-order valence-electron chi connectivity index (χ4n) is 5.27. The maximum absolute atomic E-state index is 14.6. The molecule has 1 fully saturated rings. The number of rotatable bonds is 6. The number of amides is 1. The Morgan fingerprint density at radius 2 is 1.60 bits per heavy atom. The Labute approximate surface area is 238 Å². The van der Waals surface area contributed by atoms with Crippen molar-refractivity contribution in [3.8, 4) is 11.1 Å². The van der Waals surface area contributed by atoms with E-state index in [0.717, 1.165) is 17.7 Å². The van der Waals surface area contributed by atoms with Crippen molar-refractivity contribution in [1.29, 1.82) is 0 Å². The molecule has 1 N–H and O–H groups in total. The Kier molecular flexibility index (Phi) is 8.34. The summed E-state index contributed by atoms with van der Waals surface area (Å²) in [4.78, 5) is 21.4. The minimum absolute atomic E-state index is 0.0131. The lowest BCUT2D eigenvalue weighted by molar-refractivity contribution is -0.143. The van der Waals surface area contributed by atoms with Gasteiger partial charge < -0.3 is 14.9 Å². The zero-order chi connectivity index (χ0) is 31.2. The van der Waals surface area contributed by atoms with Crippen LogP contribution in [0.3, 0.4) is 0 Å². The molecule has 0 saturated carbocycles. The standard InChI is InChI=1S/C30H30F7N3O2/c1-17-22(8-5-9-24(17)31)23-14-26(40-10-6-7-21(40)16-41)38-15-25(23)39(4)27(42)28(2,3)18-11-19(29(32,33)34)13-20(12-18)30(35,36)37/h5,8-9,11-15,21,41H,6-7,10,16H2,1-4H3. The molecule has 1 atom stereocenters. The van der Waals surface area contributed by atoms with Crippen molar-refractivity contribution in [2.24, 2.45) is 0 Å². The van der Waals surface area contributed by atoms with E-state index in [4.69, 9.17) is 0 Å². The minimum Gasteiger partial charge on any atom is -0.394 e. The number of likely N-dealkylation sites (N-methyl/N-ethyl adjacent to an activating group) is 1. The first-order valence-electron chi connectivity index (χ1n) is 13.2. The lowest BCUT2D eigenvalue weighted by atomic mass is 9.81. The number of alkyl halides is 6. The number of aliphatic hydroxyl groups excluding tert-OH is 1. The Hall–Kier alpha value is -3.67. The highest BCUT2D eigenvalue weighted by Crippen LogP contribution is 2.41. The molecule has 0 aliphatic carbocycles. The Morgan fingerprint density at radius 1 is 1.00 bits per heavy atom. The molecule has 1 amide bonds. The van der Waals surface area contributed by atoms with Crippen LogP contribution >= 0.6 is 0 Å². The van der Waals surface area contributed by atoms with Gasteiger partial charge in [-0.15, -0.1) is 0 Å². The molecular weight excluding hydrogens is 567 g/mol. The number of aliphatic hydroxyl groups is 1. The van der Waals surface area contributed by atoms with Gasteiger partial charge in [-0.2, -0.15) is 26.3 Å². The number of carbonyl (C=O) groups excluding carboxylic acids is 1. The summed E-state index contributed by atoms with van der Waals surface area (Å²) in [6, 6.07) is 6.96. The molecule has 5 nitrogen and oxygen atoms in total. The maximum atomic E-state index is 14.6. The highest BCUT2D eigenvalue weighted by molar-refractivity contribution is 6.03. The number of hydrogen-bond donors (Lipinski definition) is 1. The Bertz CT molecular complexity index is 1450.